The first kappa shape index (κ1) is 9.47. The maximum absolute atomic E-state index is 10.7. The molecule has 7 heteroatoms. The highest BCUT2D eigenvalue weighted by Crippen LogP contribution is 2.07. The summed E-state index contributed by atoms with van der Waals surface area (Å²) in [7, 11) is 1.36. The monoisotopic (exact) mass is 210 g/mol. The summed E-state index contributed by atoms with van der Waals surface area (Å²) in [5.74, 6) is 0. The van der Waals surface area contributed by atoms with E-state index in [1.54, 1.807) is 4.68 Å². The largest absolute Gasteiger partial charge is 0.346 e. The lowest BCUT2D eigenvalue weighted by Gasteiger charge is -1.85. The zero-order valence-electron chi connectivity index (χ0n) is 6.49. The summed E-state index contributed by atoms with van der Waals surface area (Å²) in [6, 6.07) is 0. The van der Waals surface area contributed by atoms with Crippen molar-refractivity contribution in [3.63, 3.8) is 0 Å². The maximum atomic E-state index is 10.7. The Labute approximate surface area is 74.8 Å². The number of nitrogens with zero attached hydrogens (tertiary/aromatic N) is 2. The predicted octanol–water partition coefficient (Wildman–Crippen LogP) is 0.0347. The fourth-order valence-corrected chi connectivity index (χ4v) is 1.40. The Hall–Kier alpha value is -0.620. The summed E-state index contributed by atoms with van der Waals surface area (Å²) < 4.78 is 23.0. The van der Waals surface area contributed by atoms with Gasteiger partial charge in [0, 0.05) is 10.7 Å². The lowest BCUT2D eigenvalue weighted by Crippen LogP contribution is -2.34. The van der Waals surface area contributed by atoms with Gasteiger partial charge in [-0.15, -0.1) is 0 Å². The van der Waals surface area contributed by atoms with Crippen molar-refractivity contribution in [1.82, 2.24) is 10.3 Å². The smallest absolute Gasteiger partial charge is 0.203 e. The highest BCUT2D eigenvalue weighted by atomic mass is 35.7. The average Bonchev–Trinajstić information content (AvgIpc) is 2.35. The van der Waals surface area contributed by atoms with Gasteiger partial charge in [-0.1, -0.05) is 12.1 Å². The van der Waals surface area contributed by atoms with Crippen LogP contribution in [0.5, 0.6) is 0 Å². The number of H-pyrrole nitrogens is 1. The molecule has 0 saturated carbocycles. The summed E-state index contributed by atoms with van der Waals surface area (Å²) >= 11 is 0. The number of hydrogen-bond donors (Lipinski definition) is 1. The first-order chi connectivity index (χ1) is 5.54. The van der Waals surface area contributed by atoms with Crippen LogP contribution in [0.1, 0.15) is 13.3 Å². The third-order valence-electron chi connectivity index (χ3n) is 1.27. The molecule has 0 bridgehead atoms. The van der Waals surface area contributed by atoms with Crippen molar-refractivity contribution in [2.24, 2.45) is 0 Å². The molecule has 68 valence electrons. The molecule has 0 fully saturated rings. The van der Waals surface area contributed by atoms with Crippen molar-refractivity contribution in [3.05, 3.63) is 6.20 Å². The van der Waals surface area contributed by atoms with Gasteiger partial charge in [0.1, 0.15) is 6.54 Å². The van der Waals surface area contributed by atoms with Crippen molar-refractivity contribution in [2.75, 3.05) is 0 Å². The Kier molecular flexibility index (Phi) is 2.69. The third kappa shape index (κ3) is 2.18. The van der Waals surface area contributed by atoms with Crippen LogP contribution in [0.3, 0.4) is 0 Å². The molecule has 0 aliphatic carbocycles. The van der Waals surface area contributed by atoms with E-state index in [-0.39, 0.29) is 5.03 Å². The number of rotatable bonds is 3. The summed E-state index contributed by atoms with van der Waals surface area (Å²) in [5, 5.41) is 5.90. The molecule has 0 spiro atoms. The molecule has 1 heterocycles. The molecule has 1 rings (SSSR count). The normalized spacial score (nSPS) is 11.8. The lowest BCUT2D eigenvalue weighted by atomic mass is 10.5. The minimum Gasteiger partial charge on any atom is -0.203 e. The number of hydrogen-bond acceptors (Lipinski definition) is 3. The van der Waals surface area contributed by atoms with Gasteiger partial charge in [0.25, 0.3) is 0 Å². The van der Waals surface area contributed by atoms with E-state index in [4.69, 9.17) is 10.7 Å². The van der Waals surface area contributed by atoms with Crippen LogP contribution in [0.25, 0.3) is 0 Å². The summed E-state index contributed by atoms with van der Waals surface area (Å²) in [5.41, 5.74) is 0. The minimum atomic E-state index is -3.69. The van der Waals surface area contributed by atoms with Crippen molar-refractivity contribution in [2.45, 2.75) is 24.9 Å². The Morgan fingerprint density at radius 1 is 1.75 bits per heavy atom. The fraction of sp³-hybridized carbons (Fsp3) is 0.600. The summed E-state index contributed by atoms with van der Waals surface area (Å²) in [6.45, 7) is 2.67. The maximum Gasteiger partial charge on any atom is 0.346 e. The molecule has 1 N–H and O–H groups in total. The topological polar surface area (TPSA) is 66.7 Å². The van der Waals surface area contributed by atoms with E-state index in [2.05, 4.69) is 10.3 Å². The molecule has 0 radical (unpaired) electrons. The number of nitrogens with one attached hydrogen (secondary N) is 1. The van der Waals surface area contributed by atoms with E-state index < -0.39 is 9.05 Å². The van der Waals surface area contributed by atoms with E-state index in [9.17, 15) is 8.42 Å². The molecule has 0 atom stereocenters. The number of aromatic nitrogens is 3. The summed E-state index contributed by atoms with van der Waals surface area (Å²) in [6.07, 6.45) is 2.26. The Bertz CT molecular complexity index is 359. The second kappa shape index (κ2) is 3.40. The van der Waals surface area contributed by atoms with Gasteiger partial charge in [-0.3, -0.25) is 0 Å². The van der Waals surface area contributed by atoms with Gasteiger partial charge in [-0.25, -0.2) is 8.42 Å². The Morgan fingerprint density at radius 2 is 2.42 bits per heavy atom. The van der Waals surface area contributed by atoms with Gasteiger partial charge < -0.3 is 0 Å². The fourth-order valence-electron chi connectivity index (χ4n) is 0.777. The predicted molar refractivity (Wildman–Crippen MR) is 42.1 cm³/mol. The molecule has 0 aliphatic heterocycles. The van der Waals surface area contributed by atoms with Crippen LogP contribution in [0.4, 0.5) is 0 Å². The third-order valence-corrected chi connectivity index (χ3v) is 2.44. The molecule has 0 aliphatic rings. The highest BCUT2D eigenvalue weighted by Gasteiger charge is 2.21. The quantitative estimate of drug-likeness (QED) is 0.566. The lowest BCUT2D eigenvalue weighted by molar-refractivity contribution is -0.754. The van der Waals surface area contributed by atoms with Crippen LogP contribution >= 0.6 is 10.7 Å². The van der Waals surface area contributed by atoms with Gasteiger partial charge in [0.05, 0.1) is 5.10 Å². The molecule has 0 unspecified atom stereocenters. The van der Waals surface area contributed by atoms with E-state index in [0.29, 0.717) is 6.54 Å². The minimum absolute atomic E-state index is 0.141. The van der Waals surface area contributed by atoms with Gasteiger partial charge in [-0.05, 0) is 6.42 Å². The molecule has 1 aromatic rings. The Balaban J connectivity index is 2.92. The van der Waals surface area contributed by atoms with Gasteiger partial charge in [0.2, 0.25) is 0 Å². The summed E-state index contributed by atoms with van der Waals surface area (Å²) in [4.78, 5) is 0. The van der Waals surface area contributed by atoms with Crippen LogP contribution in [0, 0.1) is 0 Å². The highest BCUT2D eigenvalue weighted by molar-refractivity contribution is 8.13. The van der Waals surface area contributed by atoms with Crippen LogP contribution in [0.2, 0.25) is 0 Å². The van der Waals surface area contributed by atoms with Crippen molar-refractivity contribution in [3.8, 4) is 0 Å². The van der Waals surface area contributed by atoms with Gasteiger partial charge in [0.15, 0.2) is 6.20 Å². The van der Waals surface area contributed by atoms with Crippen LogP contribution in [-0.2, 0) is 15.6 Å². The van der Waals surface area contributed by atoms with Crippen LogP contribution in [0.15, 0.2) is 11.2 Å². The number of aryl methyl sites for hydroxylation is 1. The molecule has 0 amide bonds. The molecule has 1 aromatic heterocycles. The first-order valence-electron chi connectivity index (χ1n) is 3.43. The molecule has 0 saturated heterocycles. The number of aromatic amines is 1. The van der Waals surface area contributed by atoms with Gasteiger partial charge in [-0.2, -0.15) is 4.68 Å². The van der Waals surface area contributed by atoms with Crippen LogP contribution in [-0.4, -0.2) is 18.7 Å². The van der Waals surface area contributed by atoms with Crippen LogP contribution < -0.4 is 4.68 Å². The van der Waals surface area contributed by atoms with Crippen molar-refractivity contribution >= 4 is 19.7 Å². The molecular formula is C5H9ClN3O2S+. The van der Waals surface area contributed by atoms with Gasteiger partial charge >= 0.3 is 14.1 Å². The molecule has 0 aromatic carbocycles. The zero-order chi connectivity index (χ0) is 9.19. The average molecular weight is 211 g/mol. The Morgan fingerprint density at radius 3 is 2.83 bits per heavy atom. The van der Waals surface area contributed by atoms with E-state index in [1.165, 1.54) is 6.20 Å². The molecule has 12 heavy (non-hydrogen) atoms. The standard InChI is InChI=1S/C5H8ClN3O2S/c1-2-3-9-4-5(7-8-9)12(6,10)11/h4H,2-3H2,1H3/p+1. The number of halogens is 1. The van der Waals surface area contributed by atoms with Crippen molar-refractivity contribution in [1.29, 1.82) is 0 Å². The second-order valence-electron chi connectivity index (χ2n) is 2.31. The van der Waals surface area contributed by atoms with E-state index in [1.807, 2.05) is 6.92 Å². The molecule has 5 nitrogen and oxygen atoms in total. The van der Waals surface area contributed by atoms with E-state index in [0.717, 1.165) is 6.42 Å². The first-order valence-corrected chi connectivity index (χ1v) is 5.74. The SMILES string of the molecule is CCC[n+]1cc(S(=O)(=O)Cl)n[nH]1. The van der Waals surface area contributed by atoms with Crippen molar-refractivity contribution < 1.29 is 13.1 Å². The zero-order valence-corrected chi connectivity index (χ0v) is 8.06. The second-order valence-corrected chi connectivity index (χ2v) is 4.82. The van der Waals surface area contributed by atoms with E-state index >= 15 is 0 Å². The molecular weight excluding hydrogens is 202 g/mol.